The number of carbonyl (C=O) groups excluding carboxylic acids is 1. The summed E-state index contributed by atoms with van der Waals surface area (Å²) in [6.07, 6.45) is 0. The lowest BCUT2D eigenvalue weighted by Gasteiger charge is -2.39. The molecular weight excluding hydrogens is 254 g/mol. The highest BCUT2D eigenvalue weighted by atomic mass is 16.2. The summed E-state index contributed by atoms with van der Waals surface area (Å²) >= 11 is 0. The molecule has 2 rings (SSSR count). The lowest BCUT2D eigenvalue weighted by Crippen LogP contribution is -2.53. The Bertz CT molecular complexity index is 496. The van der Waals surface area contributed by atoms with Gasteiger partial charge in [0.25, 0.3) is 5.91 Å². The number of hydrogen-bond acceptors (Lipinski definition) is 4. The predicted octanol–water partition coefficient (Wildman–Crippen LogP) is 0.960. The molecule has 1 fully saturated rings. The highest BCUT2D eigenvalue weighted by Crippen LogP contribution is 2.20. The van der Waals surface area contributed by atoms with E-state index in [1.165, 1.54) is 0 Å². The van der Waals surface area contributed by atoms with Crippen molar-refractivity contribution in [2.75, 3.05) is 31.9 Å². The van der Waals surface area contributed by atoms with Gasteiger partial charge in [0.1, 0.15) is 5.69 Å². The van der Waals surface area contributed by atoms with E-state index in [4.69, 9.17) is 5.73 Å². The maximum Gasteiger partial charge on any atom is 0.274 e. The molecule has 1 amide bonds. The molecule has 0 spiro atoms. The van der Waals surface area contributed by atoms with Gasteiger partial charge in [-0.05, 0) is 27.3 Å². The largest absolute Gasteiger partial charge is 0.395 e. The molecule has 1 saturated heterocycles. The number of amides is 1. The molecule has 0 saturated carbocycles. The molecular formula is C14H25N5O. The standard InChI is InChI=1S/C14H25N5O/c1-5-17-7-8-18(9-10(17)3)14(20)13-12(15)11(4)16-19(13)6-2/h10H,5-9,15H2,1-4H3. The second kappa shape index (κ2) is 5.83. The number of anilines is 1. The summed E-state index contributed by atoms with van der Waals surface area (Å²) in [5, 5.41) is 4.33. The number of hydrogen-bond donors (Lipinski definition) is 1. The predicted molar refractivity (Wildman–Crippen MR) is 79.7 cm³/mol. The number of rotatable bonds is 3. The zero-order valence-corrected chi connectivity index (χ0v) is 12.9. The normalized spacial score (nSPS) is 20.4. The van der Waals surface area contributed by atoms with Crippen molar-refractivity contribution in [3.63, 3.8) is 0 Å². The molecule has 2 N–H and O–H groups in total. The van der Waals surface area contributed by atoms with Crippen LogP contribution < -0.4 is 5.73 Å². The van der Waals surface area contributed by atoms with Crippen molar-refractivity contribution < 1.29 is 4.79 Å². The third-order valence-electron chi connectivity index (χ3n) is 4.13. The van der Waals surface area contributed by atoms with Crippen LogP contribution in [0.1, 0.15) is 37.0 Å². The maximum atomic E-state index is 12.7. The smallest absolute Gasteiger partial charge is 0.274 e. The fourth-order valence-electron chi connectivity index (χ4n) is 2.85. The summed E-state index contributed by atoms with van der Waals surface area (Å²) < 4.78 is 1.71. The zero-order chi connectivity index (χ0) is 14.9. The number of nitrogens with zero attached hydrogens (tertiary/aromatic N) is 4. The van der Waals surface area contributed by atoms with Gasteiger partial charge >= 0.3 is 0 Å². The van der Waals surface area contributed by atoms with Crippen LogP contribution in [-0.4, -0.2) is 57.7 Å². The number of likely N-dealkylation sites (N-methyl/N-ethyl adjacent to an activating group) is 1. The van der Waals surface area contributed by atoms with Crippen LogP contribution in [0, 0.1) is 6.92 Å². The van der Waals surface area contributed by atoms with E-state index in [-0.39, 0.29) is 5.91 Å². The van der Waals surface area contributed by atoms with Crippen LogP contribution in [0.15, 0.2) is 0 Å². The van der Waals surface area contributed by atoms with Crippen LogP contribution in [0.25, 0.3) is 0 Å². The van der Waals surface area contributed by atoms with E-state index in [1.807, 2.05) is 18.7 Å². The number of nitrogens with two attached hydrogens (primary N) is 1. The quantitative estimate of drug-likeness (QED) is 0.895. The first kappa shape index (κ1) is 14.8. The first-order valence-corrected chi connectivity index (χ1v) is 7.35. The minimum atomic E-state index is 0.00699. The molecule has 6 heteroatoms. The second-order valence-corrected chi connectivity index (χ2v) is 5.39. The topological polar surface area (TPSA) is 67.4 Å². The molecule has 0 aliphatic carbocycles. The van der Waals surface area contributed by atoms with Crippen molar-refractivity contribution in [3.8, 4) is 0 Å². The van der Waals surface area contributed by atoms with Gasteiger partial charge < -0.3 is 10.6 Å². The SMILES string of the molecule is CCN1CCN(C(=O)c2c(N)c(C)nn2CC)CC1C. The van der Waals surface area contributed by atoms with Gasteiger partial charge in [0.15, 0.2) is 0 Å². The van der Waals surface area contributed by atoms with Gasteiger partial charge in [0.05, 0.1) is 11.4 Å². The molecule has 1 atom stereocenters. The van der Waals surface area contributed by atoms with E-state index in [0.29, 0.717) is 24.0 Å². The second-order valence-electron chi connectivity index (χ2n) is 5.39. The van der Waals surface area contributed by atoms with Gasteiger partial charge in [-0.25, -0.2) is 0 Å². The molecule has 1 aromatic heterocycles. The Morgan fingerprint density at radius 2 is 2.05 bits per heavy atom. The third kappa shape index (κ3) is 2.52. The third-order valence-corrected chi connectivity index (χ3v) is 4.13. The fourth-order valence-corrected chi connectivity index (χ4v) is 2.85. The van der Waals surface area contributed by atoms with Crippen LogP contribution in [0.3, 0.4) is 0 Å². The molecule has 1 aliphatic heterocycles. The summed E-state index contributed by atoms with van der Waals surface area (Å²) in [6.45, 7) is 12.2. The first-order valence-electron chi connectivity index (χ1n) is 7.35. The van der Waals surface area contributed by atoms with Crippen LogP contribution in [-0.2, 0) is 6.54 Å². The van der Waals surface area contributed by atoms with E-state index in [1.54, 1.807) is 4.68 Å². The van der Waals surface area contributed by atoms with Crippen LogP contribution in [0.2, 0.25) is 0 Å². The zero-order valence-electron chi connectivity index (χ0n) is 12.9. The number of nitrogen functional groups attached to an aromatic ring is 1. The number of carbonyl (C=O) groups is 1. The Balaban J connectivity index is 2.20. The molecule has 2 heterocycles. The summed E-state index contributed by atoms with van der Waals surface area (Å²) in [5.41, 5.74) is 7.83. The highest BCUT2D eigenvalue weighted by molar-refractivity contribution is 5.98. The molecule has 1 unspecified atom stereocenters. The van der Waals surface area contributed by atoms with Crippen molar-refractivity contribution >= 4 is 11.6 Å². The van der Waals surface area contributed by atoms with Crippen molar-refractivity contribution in [1.82, 2.24) is 19.6 Å². The number of piperazine rings is 1. The maximum absolute atomic E-state index is 12.7. The summed E-state index contributed by atoms with van der Waals surface area (Å²) in [4.78, 5) is 17.0. The molecule has 1 aromatic rings. The number of aryl methyl sites for hydroxylation is 2. The lowest BCUT2D eigenvalue weighted by atomic mass is 10.1. The summed E-state index contributed by atoms with van der Waals surface area (Å²) in [6, 6.07) is 0.387. The molecule has 1 aliphatic rings. The molecule has 0 aromatic carbocycles. The molecule has 0 radical (unpaired) electrons. The van der Waals surface area contributed by atoms with Crippen LogP contribution in [0.5, 0.6) is 0 Å². The average molecular weight is 279 g/mol. The average Bonchev–Trinajstić information content (AvgIpc) is 2.73. The highest BCUT2D eigenvalue weighted by Gasteiger charge is 2.29. The number of aromatic nitrogens is 2. The Hall–Kier alpha value is -1.56. The Morgan fingerprint density at radius 1 is 1.35 bits per heavy atom. The van der Waals surface area contributed by atoms with Crippen molar-refractivity contribution in [2.45, 2.75) is 40.3 Å². The van der Waals surface area contributed by atoms with Crippen molar-refractivity contribution in [3.05, 3.63) is 11.4 Å². The van der Waals surface area contributed by atoms with Crippen LogP contribution in [0.4, 0.5) is 5.69 Å². The van der Waals surface area contributed by atoms with Crippen molar-refractivity contribution in [2.24, 2.45) is 0 Å². The fraction of sp³-hybridized carbons (Fsp3) is 0.714. The Kier molecular flexibility index (Phi) is 4.32. The Labute approximate surface area is 120 Å². The van der Waals surface area contributed by atoms with Gasteiger partial charge in [0, 0.05) is 32.2 Å². The van der Waals surface area contributed by atoms with Gasteiger partial charge in [0.2, 0.25) is 0 Å². The minimum absolute atomic E-state index is 0.00699. The molecule has 20 heavy (non-hydrogen) atoms. The molecule has 6 nitrogen and oxygen atoms in total. The van der Waals surface area contributed by atoms with Gasteiger partial charge in [-0.3, -0.25) is 14.4 Å². The Morgan fingerprint density at radius 3 is 2.60 bits per heavy atom. The summed E-state index contributed by atoms with van der Waals surface area (Å²) in [7, 11) is 0. The minimum Gasteiger partial charge on any atom is -0.395 e. The van der Waals surface area contributed by atoms with E-state index in [9.17, 15) is 4.79 Å². The lowest BCUT2D eigenvalue weighted by molar-refractivity contribution is 0.0518. The van der Waals surface area contributed by atoms with E-state index >= 15 is 0 Å². The van der Waals surface area contributed by atoms with Crippen molar-refractivity contribution in [1.29, 1.82) is 0 Å². The van der Waals surface area contributed by atoms with E-state index < -0.39 is 0 Å². The van der Waals surface area contributed by atoms with Gasteiger partial charge in [-0.15, -0.1) is 0 Å². The molecule has 0 bridgehead atoms. The van der Waals surface area contributed by atoms with E-state index in [0.717, 1.165) is 31.9 Å². The van der Waals surface area contributed by atoms with Crippen LogP contribution >= 0.6 is 0 Å². The van der Waals surface area contributed by atoms with Gasteiger partial charge in [-0.1, -0.05) is 6.92 Å². The molecule has 112 valence electrons. The first-order chi connectivity index (χ1) is 9.49. The van der Waals surface area contributed by atoms with E-state index in [2.05, 4.69) is 23.8 Å². The van der Waals surface area contributed by atoms with Gasteiger partial charge in [-0.2, -0.15) is 5.10 Å². The monoisotopic (exact) mass is 279 g/mol. The summed E-state index contributed by atoms with van der Waals surface area (Å²) in [5.74, 6) is 0.00699.